The lowest BCUT2D eigenvalue weighted by atomic mass is 10.1. The maximum atomic E-state index is 9.29. The van der Waals surface area contributed by atoms with E-state index < -0.39 is 0 Å². The summed E-state index contributed by atoms with van der Waals surface area (Å²) in [4.78, 5) is 5.13. The highest BCUT2D eigenvalue weighted by Gasteiger charge is 2.17. The molecule has 0 fully saturated rings. The van der Waals surface area contributed by atoms with Crippen molar-refractivity contribution in [1.29, 1.82) is 5.26 Å². The molecule has 1 aromatic carbocycles. The van der Waals surface area contributed by atoms with Crippen molar-refractivity contribution in [2.75, 3.05) is 0 Å². The normalized spacial score (nSPS) is 10.8. The zero-order valence-corrected chi connectivity index (χ0v) is 12.0. The van der Waals surface area contributed by atoms with Crippen LogP contribution in [0.4, 0.5) is 0 Å². The van der Waals surface area contributed by atoms with Gasteiger partial charge in [-0.25, -0.2) is 4.98 Å². The fourth-order valence-electron chi connectivity index (χ4n) is 1.79. The van der Waals surface area contributed by atoms with E-state index in [1.54, 1.807) is 22.7 Å². The Kier molecular flexibility index (Phi) is 2.94. The fraction of sp³-hybridized carbons (Fsp3) is 0.0833. The van der Waals surface area contributed by atoms with Gasteiger partial charge in [0.1, 0.15) is 16.8 Å². The van der Waals surface area contributed by atoms with Crippen LogP contribution in [0.15, 0.2) is 18.2 Å². The van der Waals surface area contributed by atoms with E-state index >= 15 is 0 Å². The largest absolute Gasteiger partial charge is 0.216 e. The Bertz CT molecular complexity index is 828. The Morgan fingerprint density at radius 1 is 1.32 bits per heavy atom. The van der Waals surface area contributed by atoms with Crippen LogP contribution in [0.1, 0.15) is 10.7 Å². The molecule has 0 unspecified atom stereocenters. The molecule has 3 rings (SSSR count). The summed E-state index contributed by atoms with van der Waals surface area (Å²) in [5, 5.41) is 15.3. The number of aryl methyl sites for hydroxylation is 1. The van der Waals surface area contributed by atoms with Crippen molar-refractivity contribution in [2.45, 2.75) is 6.92 Å². The molecule has 0 spiro atoms. The first-order valence-corrected chi connectivity index (χ1v) is 6.89. The minimum absolute atomic E-state index is 0.401. The standard InChI is InChI=1S/C12H6Cl2N4S/c1-6-17-18-10(5-15)11(16-12(18)19-6)7-2-3-8(13)9(14)4-7/h2-4H,1H3. The molecule has 2 aromatic heterocycles. The van der Waals surface area contributed by atoms with Gasteiger partial charge < -0.3 is 0 Å². The summed E-state index contributed by atoms with van der Waals surface area (Å²) in [6.45, 7) is 1.87. The van der Waals surface area contributed by atoms with E-state index in [1.807, 2.05) is 6.92 Å². The van der Waals surface area contributed by atoms with E-state index in [0.717, 1.165) is 10.6 Å². The van der Waals surface area contributed by atoms with Gasteiger partial charge >= 0.3 is 0 Å². The van der Waals surface area contributed by atoms with Crippen LogP contribution >= 0.6 is 34.5 Å². The number of hydrogen-bond acceptors (Lipinski definition) is 4. The summed E-state index contributed by atoms with van der Waals surface area (Å²) in [6.07, 6.45) is 0. The van der Waals surface area contributed by atoms with Crippen LogP contribution < -0.4 is 0 Å². The van der Waals surface area contributed by atoms with Crippen LogP contribution in [-0.4, -0.2) is 14.6 Å². The zero-order valence-electron chi connectivity index (χ0n) is 9.69. The van der Waals surface area contributed by atoms with E-state index in [0.29, 0.717) is 26.4 Å². The number of imidazole rings is 1. The summed E-state index contributed by atoms with van der Waals surface area (Å²) in [6, 6.07) is 7.30. The minimum atomic E-state index is 0.401. The molecule has 0 amide bonds. The number of nitriles is 1. The predicted octanol–water partition coefficient (Wildman–Crippen LogP) is 3.94. The summed E-state index contributed by atoms with van der Waals surface area (Å²) in [5.74, 6) is 0. The van der Waals surface area contributed by atoms with E-state index in [4.69, 9.17) is 23.2 Å². The third-order valence-electron chi connectivity index (χ3n) is 2.60. The van der Waals surface area contributed by atoms with Crippen LogP contribution in [0.2, 0.25) is 10.0 Å². The monoisotopic (exact) mass is 308 g/mol. The highest BCUT2D eigenvalue weighted by Crippen LogP contribution is 2.31. The van der Waals surface area contributed by atoms with Crippen LogP contribution in [0.25, 0.3) is 16.2 Å². The Balaban J connectivity index is 2.27. The van der Waals surface area contributed by atoms with Crippen LogP contribution in [0.3, 0.4) is 0 Å². The molecule has 94 valence electrons. The topological polar surface area (TPSA) is 54.0 Å². The third-order valence-corrected chi connectivity index (χ3v) is 4.17. The van der Waals surface area contributed by atoms with Crippen LogP contribution in [-0.2, 0) is 0 Å². The fourth-order valence-corrected chi connectivity index (χ4v) is 2.83. The number of benzene rings is 1. The van der Waals surface area contributed by atoms with Gasteiger partial charge in [0.2, 0.25) is 4.96 Å². The summed E-state index contributed by atoms with van der Waals surface area (Å²) in [7, 11) is 0. The Labute approximate surface area is 122 Å². The Morgan fingerprint density at radius 2 is 2.11 bits per heavy atom. The Hall–Kier alpha value is -1.61. The smallest absolute Gasteiger partial charge is 0.213 e. The number of hydrogen-bond donors (Lipinski definition) is 0. The maximum Gasteiger partial charge on any atom is 0.213 e. The lowest BCUT2D eigenvalue weighted by Gasteiger charge is -2.00. The molecule has 0 aliphatic rings. The van der Waals surface area contributed by atoms with Crippen molar-refractivity contribution in [3.63, 3.8) is 0 Å². The van der Waals surface area contributed by atoms with Crippen molar-refractivity contribution in [1.82, 2.24) is 14.6 Å². The van der Waals surface area contributed by atoms with Crippen LogP contribution in [0, 0.1) is 18.3 Å². The van der Waals surface area contributed by atoms with Gasteiger partial charge in [-0.1, -0.05) is 40.6 Å². The molecule has 0 radical (unpaired) electrons. The number of rotatable bonds is 1. The Morgan fingerprint density at radius 3 is 2.79 bits per heavy atom. The maximum absolute atomic E-state index is 9.29. The van der Waals surface area contributed by atoms with Crippen molar-refractivity contribution in [2.24, 2.45) is 0 Å². The van der Waals surface area contributed by atoms with Gasteiger partial charge in [-0.2, -0.15) is 14.9 Å². The lowest BCUT2D eigenvalue weighted by Crippen LogP contribution is -1.90. The molecule has 7 heteroatoms. The lowest BCUT2D eigenvalue weighted by molar-refractivity contribution is 0.931. The summed E-state index contributed by atoms with van der Waals surface area (Å²) < 4.78 is 1.55. The molecule has 19 heavy (non-hydrogen) atoms. The van der Waals surface area contributed by atoms with E-state index in [-0.39, 0.29) is 0 Å². The molecule has 0 saturated carbocycles. The number of fused-ring (bicyclic) bond motifs is 1. The highest BCUT2D eigenvalue weighted by atomic mass is 35.5. The average molecular weight is 309 g/mol. The molecule has 0 aliphatic carbocycles. The zero-order chi connectivity index (χ0) is 13.6. The van der Waals surface area contributed by atoms with E-state index in [2.05, 4.69) is 16.2 Å². The van der Waals surface area contributed by atoms with Crippen LogP contribution in [0.5, 0.6) is 0 Å². The van der Waals surface area contributed by atoms with Crippen molar-refractivity contribution < 1.29 is 0 Å². The first-order chi connectivity index (χ1) is 9.10. The van der Waals surface area contributed by atoms with Gasteiger partial charge in [0.25, 0.3) is 0 Å². The molecule has 0 aliphatic heterocycles. The molecule has 0 bridgehead atoms. The molecule has 0 N–H and O–H groups in total. The second-order valence-electron chi connectivity index (χ2n) is 3.87. The van der Waals surface area contributed by atoms with E-state index in [9.17, 15) is 5.26 Å². The van der Waals surface area contributed by atoms with Gasteiger partial charge in [-0.05, 0) is 19.1 Å². The molecule has 0 atom stereocenters. The number of halogens is 2. The average Bonchev–Trinajstić information content (AvgIpc) is 2.88. The summed E-state index contributed by atoms with van der Waals surface area (Å²) in [5.41, 5.74) is 1.72. The van der Waals surface area contributed by atoms with Crippen molar-refractivity contribution in [3.05, 3.63) is 38.9 Å². The molecule has 2 heterocycles. The van der Waals surface area contributed by atoms with Crippen molar-refractivity contribution in [3.8, 4) is 17.3 Å². The molecule has 3 aromatic rings. The second-order valence-corrected chi connectivity index (χ2v) is 5.84. The SMILES string of the molecule is Cc1nn2c(C#N)c(-c3ccc(Cl)c(Cl)c3)nc2s1. The summed E-state index contributed by atoms with van der Waals surface area (Å²) >= 11 is 13.3. The predicted molar refractivity (Wildman–Crippen MR) is 75.8 cm³/mol. The first-order valence-electron chi connectivity index (χ1n) is 5.32. The van der Waals surface area contributed by atoms with Gasteiger partial charge in [0, 0.05) is 5.56 Å². The van der Waals surface area contributed by atoms with Gasteiger partial charge in [0.15, 0.2) is 5.69 Å². The highest BCUT2D eigenvalue weighted by molar-refractivity contribution is 7.16. The molecular formula is C12H6Cl2N4S. The van der Waals surface area contributed by atoms with Gasteiger partial charge in [0.05, 0.1) is 10.0 Å². The third kappa shape index (κ3) is 1.98. The quantitative estimate of drug-likeness (QED) is 0.684. The first kappa shape index (κ1) is 12.4. The van der Waals surface area contributed by atoms with Crippen molar-refractivity contribution >= 4 is 39.5 Å². The van der Waals surface area contributed by atoms with Gasteiger partial charge in [-0.15, -0.1) is 0 Å². The number of nitrogens with zero attached hydrogens (tertiary/aromatic N) is 4. The molecule has 0 saturated heterocycles. The molecular weight excluding hydrogens is 303 g/mol. The second kappa shape index (κ2) is 4.49. The van der Waals surface area contributed by atoms with E-state index in [1.165, 1.54) is 11.3 Å². The van der Waals surface area contributed by atoms with Gasteiger partial charge in [-0.3, -0.25) is 0 Å². The minimum Gasteiger partial charge on any atom is -0.216 e. The number of aromatic nitrogens is 3. The molecule has 4 nitrogen and oxygen atoms in total.